The van der Waals surface area contributed by atoms with Gasteiger partial charge < -0.3 is 14.7 Å². The van der Waals surface area contributed by atoms with E-state index in [2.05, 4.69) is 20.8 Å². The molecule has 3 rings (SSSR count). The highest BCUT2D eigenvalue weighted by molar-refractivity contribution is 7.71. The average molecular weight is 318 g/mol. The maximum absolute atomic E-state index is 12.1. The zero-order chi connectivity index (χ0) is 15.7. The summed E-state index contributed by atoms with van der Waals surface area (Å²) in [6, 6.07) is 5.06. The number of hydrogen-bond acceptors (Lipinski definition) is 5. The topological polar surface area (TPSA) is 99.5 Å². The summed E-state index contributed by atoms with van der Waals surface area (Å²) in [7, 11) is 0. The van der Waals surface area contributed by atoms with E-state index in [9.17, 15) is 9.59 Å². The van der Waals surface area contributed by atoms with Crippen molar-refractivity contribution in [1.29, 1.82) is 0 Å². The van der Waals surface area contributed by atoms with Crippen LogP contribution in [0.5, 0.6) is 0 Å². The van der Waals surface area contributed by atoms with Crippen LogP contribution in [0.1, 0.15) is 23.7 Å². The van der Waals surface area contributed by atoms with Gasteiger partial charge in [-0.1, -0.05) is 0 Å². The number of benzene rings is 1. The van der Waals surface area contributed by atoms with Crippen LogP contribution in [0.15, 0.2) is 27.7 Å². The summed E-state index contributed by atoms with van der Waals surface area (Å²) in [5, 5.41) is 6.66. The zero-order valence-corrected chi connectivity index (χ0v) is 12.6. The molecule has 0 spiro atoms. The number of amides is 2. The first-order valence-corrected chi connectivity index (χ1v) is 7.20. The van der Waals surface area contributed by atoms with Crippen molar-refractivity contribution in [3.05, 3.63) is 28.6 Å². The van der Waals surface area contributed by atoms with Crippen molar-refractivity contribution in [3.63, 3.8) is 0 Å². The van der Waals surface area contributed by atoms with Crippen LogP contribution >= 0.6 is 12.2 Å². The lowest BCUT2D eigenvalue weighted by molar-refractivity contribution is -0.122. The van der Waals surface area contributed by atoms with Crippen molar-refractivity contribution in [2.75, 3.05) is 6.54 Å². The van der Waals surface area contributed by atoms with Crippen LogP contribution in [-0.2, 0) is 4.79 Å². The van der Waals surface area contributed by atoms with Gasteiger partial charge in [-0.2, -0.15) is 5.10 Å². The second kappa shape index (κ2) is 5.72. The molecule has 1 aliphatic rings. The fourth-order valence-electron chi connectivity index (χ4n) is 2.35. The molecule has 8 heteroatoms. The second-order valence-electron chi connectivity index (χ2n) is 5.05. The Labute approximate surface area is 130 Å². The van der Waals surface area contributed by atoms with Crippen molar-refractivity contribution >= 4 is 40.8 Å². The number of rotatable bonds is 4. The minimum absolute atomic E-state index is 0.128. The molecule has 1 aromatic carbocycles. The molecular formula is C14H14N4O3S. The Balaban J connectivity index is 1.62. The van der Waals surface area contributed by atoms with Crippen LogP contribution in [-0.4, -0.2) is 29.1 Å². The third kappa shape index (κ3) is 2.77. The predicted octanol–water partition coefficient (Wildman–Crippen LogP) is 1.73. The summed E-state index contributed by atoms with van der Waals surface area (Å²) in [6.45, 7) is 2.18. The van der Waals surface area contributed by atoms with E-state index in [0.29, 0.717) is 24.1 Å². The number of nitrogens with one attached hydrogen (secondary N) is 3. The molecule has 7 nitrogen and oxygen atoms in total. The monoisotopic (exact) mass is 318 g/mol. The van der Waals surface area contributed by atoms with Crippen molar-refractivity contribution < 1.29 is 14.0 Å². The van der Waals surface area contributed by atoms with E-state index in [1.807, 2.05) is 0 Å². The van der Waals surface area contributed by atoms with Gasteiger partial charge in [0, 0.05) is 17.8 Å². The Morgan fingerprint density at radius 1 is 1.50 bits per heavy atom. The van der Waals surface area contributed by atoms with E-state index in [4.69, 9.17) is 16.6 Å². The molecule has 0 unspecified atom stereocenters. The van der Waals surface area contributed by atoms with E-state index in [0.717, 1.165) is 11.2 Å². The van der Waals surface area contributed by atoms with Crippen LogP contribution in [0.2, 0.25) is 0 Å². The number of fused-ring (bicyclic) bond motifs is 1. The molecule has 0 saturated carbocycles. The van der Waals surface area contributed by atoms with Gasteiger partial charge in [0.25, 0.3) is 10.7 Å². The Bertz CT molecular complexity index is 836. The molecule has 1 atom stereocenters. The molecule has 1 aliphatic heterocycles. The van der Waals surface area contributed by atoms with Crippen molar-refractivity contribution in [2.24, 2.45) is 11.0 Å². The summed E-state index contributed by atoms with van der Waals surface area (Å²) in [5.41, 5.74) is 4.93. The molecule has 0 saturated heterocycles. The van der Waals surface area contributed by atoms with Crippen LogP contribution in [0, 0.1) is 10.8 Å². The molecule has 0 bridgehead atoms. The van der Waals surface area contributed by atoms with E-state index in [-0.39, 0.29) is 22.6 Å². The maximum Gasteiger partial charge on any atom is 0.266 e. The van der Waals surface area contributed by atoms with Crippen molar-refractivity contribution in [2.45, 2.75) is 13.3 Å². The van der Waals surface area contributed by atoms with Gasteiger partial charge in [-0.05, 0) is 43.8 Å². The molecule has 0 aliphatic carbocycles. The number of aromatic amines is 1. The number of hydrazone groups is 1. The molecule has 0 fully saturated rings. The number of aromatic nitrogens is 1. The summed E-state index contributed by atoms with van der Waals surface area (Å²) in [5.74, 6) is -0.625. The first kappa shape index (κ1) is 14.5. The average Bonchev–Trinajstić information content (AvgIpc) is 3.01. The Morgan fingerprint density at radius 3 is 3.05 bits per heavy atom. The molecular weight excluding hydrogens is 304 g/mol. The summed E-state index contributed by atoms with van der Waals surface area (Å²) in [6.07, 6.45) is 0.514. The Hall–Kier alpha value is -2.48. The van der Waals surface area contributed by atoms with Gasteiger partial charge in [-0.25, -0.2) is 5.43 Å². The predicted molar refractivity (Wildman–Crippen MR) is 83.1 cm³/mol. The number of oxazole rings is 1. The van der Waals surface area contributed by atoms with Gasteiger partial charge in [-0.3, -0.25) is 9.59 Å². The fraction of sp³-hybridized carbons (Fsp3) is 0.286. The third-order valence-electron chi connectivity index (χ3n) is 3.56. The number of carbonyl (C=O) groups excluding carboxylic acids is 2. The van der Waals surface area contributed by atoms with Crippen LogP contribution < -0.4 is 10.7 Å². The molecule has 0 radical (unpaired) electrons. The largest absolute Gasteiger partial charge is 0.429 e. The number of carbonyl (C=O) groups is 2. The standard InChI is InChI=1S/C14H14N4O3S/c1-7-9(13(20)18-17-7)4-5-15-12(19)8-2-3-10-11(6-8)21-14(22)16-10/h2-3,6,9H,4-5H2,1H3,(H,15,19)(H,16,22)(H,18,20)/t9-/m1/s1. The Morgan fingerprint density at radius 2 is 2.32 bits per heavy atom. The number of nitrogens with zero attached hydrogens (tertiary/aromatic N) is 1. The van der Waals surface area contributed by atoms with Crippen LogP contribution in [0.25, 0.3) is 11.1 Å². The van der Waals surface area contributed by atoms with E-state index in [1.165, 1.54) is 0 Å². The first-order valence-electron chi connectivity index (χ1n) is 6.80. The Kier molecular flexibility index (Phi) is 3.76. The highest BCUT2D eigenvalue weighted by atomic mass is 32.1. The fourth-order valence-corrected chi connectivity index (χ4v) is 2.55. The van der Waals surface area contributed by atoms with Crippen LogP contribution in [0.3, 0.4) is 0 Å². The molecule has 2 amide bonds. The lowest BCUT2D eigenvalue weighted by Crippen LogP contribution is -2.30. The molecule has 1 aromatic heterocycles. The molecule has 114 valence electrons. The zero-order valence-electron chi connectivity index (χ0n) is 11.8. The lowest BCUT2D eigenvalue weighted by atomic mass is 10.0. The normalized spacial score (nSPS) is 17.4. The summed E-state index contributed by atoms with van der Waals surface area (Å²) in [4.78, 5) is 26.8. The molecule has 3 N–H and O–H groups in total. The van der Waals surface area contributed by atoms with Crippen molar-refractivity contribution in [3.8, 4) is 0 Å². The molecule has 22 heavy (non-hydrogen) atoms. The summed E-state index contributed by atoms with van der Waals surface area (Å²) >= 11 is 4.90. The van der Waals surface area contributed by atoms with Gasteiger partial charge in [0.05, 0.1) is 11.4 Å². The van der Waals surface area contributed by atoms with Gasteiger partial charge >= 0.3 is 0 Å². The smallest absolute Gasteiger partial charge is 0.266 e. The molecule has 2 aromatic rings. The first-order chi connectivity index (χ1) is 10.5. The SMILES string of the molecule is CC1=NNC(=O)[C@@H]1CCNC(=O)c1ccc2[nH]c(=S)oc2c1. The summed E-state index contributed by atoms with van der Waals surface area (Å²) < 4.78 is 5.28. The minimum Gasteiger partial charge on any atom is -0.429 e. The number of hydrogen-bond donors (Lipinski definition) is 3. The van der Waals surface area contributed by atoms with Crippen molar-refractivity contribution in [1.82, 2.24) is 15.7 Å². The van der Waals surface area contributed by atoms with E-state index < -0.39 is 0 Å². The minimum atomic E-state index is -0.273. The van der Waals surface area contributed by atoms with E-state index >= 15 is 0 Å². The second-order valence-corrected chi connectivity index (χ2v) is 5.42. The molecule has 2 heterocycles. The van der Waals surface area contributed by atoms with Gasteiger partial charge in [0.2, 0.25) is 5.91 Å². The van der Waals surface area contributed by atoms with E-state index in [1.54, 1.807) is 25.1 Å². The van der Waals surface area contributed by atoms with Gasteiger partial charge in [0.15, 0.2) is 5.58 Å². The lowest BCUT2D eigenvalue weighted by Gasteiger charge is -2.09. The quantitative estimate of drug-likeness (QED) is 0.748. The number of H-pyrrole nitrogens is 1. The highest BCUT2D eigenvalue weighted by Crippen LogP contribution is 2.15. The van der Waals surface area contributed by atoms with Crippen LogP contribution in [0.4, 0.5) is 0 Å². The highest BCUT2D eigenvalue weighted by Gasteiger charge is 2.26. The van der Waals surface area contributed by atoms with Gasteiger partial charge in [-0.15, -0.1) is 0 Å². The van der Waals surface area contributed by atoms with Gasteiger partial charge in [0.1, 0.15) is 0 Å². The maximum atomic E-state index is 12.1. The third-order valence-corrected chi connectivity index (χ3v) is 3.75.